The fourth-order valence-electron chi connectivity index (χ4n) is 2.69. The minimum atomic E-state index is 0.137. The highest BCUT2D eigenvalue weighted by atomic mass is 16.5. The van der Waals surface area contributed by atoms with Crippen molar-refractivity contribution in [1.82, 2.24) is 15.0 Å². The van der Waals surface area contributed by atoms with Crippen LogP contribution in [0.5, 0.6) is 17.4 Å². The number of hydrogen-bond acceptors (Lipinski definition) is 6. The molecule has 0 amide bonds. The molecule has 4 aromatic rings. The highest BCUT2D eigenvalue weighted by Crippen LogP contribution is 2.32. The third kappa shape index (κ3) is 3.12. The van der Waals surface area contributed by atoms with Gasteiger partial charge in [0, 0.05) is 18.0 Å². The van der Waals surface area contributed by atoms with Crippen LogP contribution < -0.4 is 10.1 Å². The van der Waals surface area contributed by atoms with Crippen LogP contribution >= 0.6 is 0 Å². The fourth-order valence-corrected chi connectivity index (χ4v) is 2.69. The first-order chi connectivity index (χ1) is 12.7. The Labute approximate surface area is 150 Å². The number of fused-ring (bicyclic) bond motifs is 1. The largest absolute Gasteiger partial charge is 0.507 e. The molecule has 0 aliphatic rings. The second-order valence-electron chi connectivity index (χ2n) is 5.77. The lowest BCUT2D eigenvalue weighted by atomic mass is 10.2. The minimum Gasteiger partial charge on any atom is -0.507 e. The molecule has 2 aromatic heterocycles. The van der Waals surface area contributed by atoms with Gasteiger partial charge >= 0.3 is 0 Å². The number of anilines is 2. The summed E-state index contributed by atoms with van der Waals surface area (Å²) in [5.41, 5.74) is 2.46. The monoisotopic (exact) mass is 344 g/mol. The zero-order valence-corrected chi connectivity index (χ0v) is 14.0. The number of nitrogens with one attached hydrogen (secondary N) is 1. The van der Waals surface area contributed by atoms with Crippen LogP contribution in [0.4, 0.5) is 11.5 Å². The van der Waals surface area contributed by atoms with Gasteiger partial charge < -0.3 is 15.2 Å². The molecule has 26 heavy (non-hydrogen) atoms. The third-order valence-corrected chi connectivity index (χ3v) is 3.93. The van der Waals surface area contributed by atoms with Crippen molar-refractivity contribution in [3.05, 3.63) is 72.7 Å². The highest BCUT2D eigenvalue weighted by molar-refractivity contribution is 5.95. The van der Waals surface area contributed by atoms with E-state index in [1.54, 1.807) is 24.4 Å². The molecule has 0 atom stereocenters. The predicted molar refractivity (Wildman–Crippen MR) is 100.0 cm³/mol. The quantitative estimate of drug-likeness (QED) is 0.564. The van der Waals surface area contributed by atoms with Crippen molar-refractivity contribution in [2.75, 3.05) is 5.32 Å². The number of rotatable bonds is 4. The fraction of sp³-hybridized carbons (Fsp3) is 0.0500. The first-order valence-corrected chi connectivity index (χ1v) is 8.10. The van der Waals surface area contributed by atoms with E-state index >= 15 is 0 Å². The van der Waals surface area contributed by atoms with E-state index < -0.39 is 0 Å². The van der Waals surface area contributed by atoms with Gasteiger partial charge in [-0.3, -0.25) is 0 Å². The van der Waals surface area contributed by atoms with Gasteiger partial charge in [0.1, 0.15) is 23.6 Å². The summed E-state index contributed by atoms with van der Waals surface area (Å²) >= 11 is 0. The van der Waals surface area contributed by atoms with Crippen LogP contribution in [-0.4, -0.2) is 20.1 Å². The molecule has 2 heterocycles. The number of aromatic hydroxyl groups is 1. The third-order valence-electron chi connectivity index (χ3n) is 3.93. The number of ether oxygens (including phenoxy) is 1. The van der Waals surface area contributed by atoms with Crippen molar-refractivity contribution in [1.29, 1.82) is 0 Å². The summed E-state index contributed by atoms with van der Waals surface area (Å²) in [6.45, 7) is 1.96. The van der Waals surface area contributed by atoms with Crippen LogP contribution in [-0.2, 0) is 0 Å². The summed E-state index contributed by atoms with van der Waals surface area (Å²) in [6.07, 6.45) is 3.16. The normalized spacial score (nSPS) is 10.7. The van der Waals surface area contributed by atoms with Crippen LogP contribution in [0, 0.1) is 6.92 Å². The molecule has 6 heteroatoms. The smallest absolute Gasteiger partial charge is 0.219 e. The number of phenolic OH excluding ortho intramolecular Hbond substituents is 1. The molecule has 0 aliphatic carbocycles. The number of aryl methyl sites for hydroxylation is 1. The molecule has 0 unspecified atom stereocenters. The Morgan fingerprint density at radius 1 is 0.962 bits per heavy atom. The molecule has 0 radical (unpaired) electrons. The van der Waals surface area contributed by atoms with Crippen molar-refractivity contribution >= 4 is 22.4 Å². The molecule has 0 bridgehead atoms. The number of hydrogen-bond donors (Lipinski definition) is 2. The lowest BCUT2D eigenvalue weighted by Gasteiger charge is -2.12. The molecule has 0 saturated carbocycles. The zero-order chi connectivity index (χ0) is 17.9. The summed E-state index contributed by atoms with van der Waals surface area (Å²) < 4.78 is 5.80. The van der Waals surface area contributed by atoms with E-state index in [1.165, 1.54) is 6.33 Å². The minimum absolute atomic E-state index is 0.137. The van der Waals surface area contributed by atoms with Crippen LogP contribution in [0.25, 0.3) is 10.9 Å². The highest BCUT2D eigenvalue weighted by Gasteiger charge is 2.10. The van der Waals surface area contributed by atoms with Crippen molar-refractivity contribution in [2.24, 2.45) is 0 Å². The van der Waals surface area contributed by atoms with Crippen LogP contribution in [0.3, 0.4) is 0 Å². The van der Waals surface area contributed by atoms with Crippen molar-refractivity contribution in [3.8, 4) is 17.4 Å². The van der Waals surface area contributed by atoms with E-state index in [0.717, 1.165) is 17.0 Å². The zero-order valence-electron chi connectivity index (χ0n) is 14.0. The van der Waals surface area contributed by atoms with Crippen LogP contribution in [0.1, 0.15) is 5.56 Å². The molecular weight excluding hydrogens is 328 g/mol. The average molecular weight is 344 g/mol. The Balaban J connectivity index is 1.63. The first kappa shape index (κ1) is 15.8. The second-order valence-corrected chi connectivity index (χ2v) is 5.77. The lowest BCUT2D eigenvalue weighted by molar-refractivity contribution is 0.459. The van der Waals surface area contributed by atoms with E-state index in [-0.39, 0.29) is 5.75 Å². The maximum absolute atomic E-state index is 10.1. The van der Waals surface area contributed by atoms with Crippen molar-refractivity contribution in [2.45, 2.75) is 6.92 Å². The van der Waals surface area contributed by atoms with E-state index in [0.29, 0.717) is 22.6 Å². The van der Waals surface area contributed by atoms with Gasteiger partial charge in [0.05, 0.1) is 10.9 Å². The Hall–Kier alpha value is -3.67. The summed E-state index contributed by atoms with van der Waals surface area (Å²) in [4.78, 5) is 12.6. The molecule has 2 aromatic carbocycles. The van der Waals surface area contributed by atoms with Gasteiger partial charge in [-0.05, 0) is 48.9 Å². The van der Waals surface area contributed by atoms with Crippen molar-refractivity contribution < 1.29 is 9.84 Å². The second kappa shape index (κ2) is 6.68. The molecule has 4 rings (SSSR count). The van der Waals surface area contributed by atoms with Gasteiger partial charge in [0.15, 0.2) is 0 Å². The van der Waals surface area contributed by atoms with E-state index in [4.69, 9.17) is 4.74 Å². The number of benzene rings is 2. The predicted octanol–water partition coefficient (Wildman–Crippen LogP) is 4.57. The lowest BCUT2D eigenvalue weighted by Crippen LogP contribution is -1.97. The van der Waals surface area contributed by atoms with Gasteiger partial charge in [0.25, 0.3) is 0 Å². The number of phenols is 1. The Morgan fingerprint density at radius 3 is 2.69 bits per heavy atom. The molecule has 0 fully saturated rings. The number of nitrogens with zero attached hydrogens (tertiary/aromatic N) is 3. The standard InChI is InChI=1S/C20H16N4O2/c1-13-11-14(8-9-17(13)26-18-7-2-3-10-21-18)24-20-19-15(22-12-23-20)5-4-6-16(19)25/h2-12,25H,1H3,(H,22,23,24). The van der Waals surface area contributed by atoms with E-state index in [2.05, 4.69) is 20.3 Å². The topological polar surface area (TPSA) is 80.2 Å². The van der Waals surface area contributed by atoms with E-state index in [9.17, 15) is 5.11 Å². The van der Waals surface area contributed by atoms with Gasteiger partial charge in [-0.15, -0.1) is 0 Å². The average Bonchev–Trinajstić information content (AvgIpc) is 2.65. The summed E-state index contributed by atoms with van der Waals surface area (Å²) in [5.74, 6) is 1.95. The maximum Gasteiger partial charge on any atom is 0.219 e. The number of pyridine rings is 1. The first-order valence-electron chi connectivity index (χ1n) is 8.10. The van der Waals surface area contributed by atoms with Gasteiger partial charge in [-0.25, -0.2) is 15.0 Å². The summed E-state index contributed by atoms with van der Waals surface area (Å²) in [7, 11) is 0. The van der Waals surface area contributed by atoms with E-state index in [1.807, 2.05) is 43.3 Å². The molecule has 2 N–H and O–H groups in total. The Kier molecular flexibility index (Phi) is 4.07. The van der Waals surface area contributed by atoms with Crippen LogP contribution in [0.2, 0.25) is 0 Å². The van der Waals surface area contributed by atoms with Gasteiger partial charge in [-0.1, -0.05) is 12.1 Å². The van der Waals surface area contributed by atoms with Crippen LogP contribution in [0.15, 0.2) is 67.1 Å². The summed E-state index contributed by atoms with van der Waals surface area (Å²) in [5, 5.41) is 14.0. The Morgan fingerprint density at radius 2 is 1.88 bits per heavy atom. The van der Waals surface area contributed by atoms with Gasteiger partial charge in [-0.2, -0.15) is 0 Å². The van der Waals surface area contributed by atoms with Crippen molar-refractivity contribution in [3.63, 3.8) is 0 Å². The number of aromatic nitrogens is 3. The maximum atomic E-state index is 10.1. The van der Waals surface area contributed by atoms with Gasteiger partial charge in [0.2, 0.25) is 5.88 Å². The molecule has 0 saturated heterocycles. The SMILES string of the molecule is Cc1cc(Nc2ncnc3cccc(O)c23)ccc1Oc1ccccn1. The molecule has 0 aliphatic heterocycles. The summed E-state index contributed by atoms with van der Waals surface area (Å²) in [6, 6.07) is 16.4. The molecular formula is C20H16N4O2. The Bertz CT molecular complexity index is 1060. The molecule has 0 spiro atoms. The molecule has 6 nitrogen and oxygen atoms in total. The molecule has 128 valence electrons.